The zero-order valence-electron chi connectivity index (χ0n) is 12.0. The third kappa shape index (κ3) is 2.95. The molecule has 21 heavy (non-hydrogen) atoms. The highest BCUT2D eigenvalue weighted by molar-refractivity contribution is 5.96. The van der Waals surface area contributed by atoms with Crippen LogP contribution in [0, 0.1) is 10.1 Å². The van der Waals surface area contributed by atoms with Crippen molar-refractivity contribution in [3.8, 4) is 0 Å². The molecule has 1 N–H and O–H groups in total. The van der Waals surface area contributed by atoms with Crippen LogP contribution in [0.25, 0.3) is 10.9 Å². The second kappa shape index (κ2) is 5.65. The Morgan fingerprint density at radius 2 is 2.24 bits per heavy atom. The number of nitrogens with zero attached hydrogens (tertiary/aromatic N) is 3. The molecule has 1 aromatic heterocycles. The standard InChI is InChI=1S/C15H18N4O2/c1-18(11-5-6-11)10-9-16-13-7-8-17-15-12(13)3-2-4-14(15)19(20)21/h2-4,7-8,11H,5-6,9-10H2,1H3,(H,16,17). The molecule has 0 aliphatic heterocycles. The monoisotopic (exact) mass is 286 g/mol. The molecule has 0 spiro atoms. The lowest BCUT2D eigenvalue weighted by molar-refractivity contribution is -0.383. The first-order chi connectivity index (χ1) is 10.2. The summed E-state index contributed by atoms with van der Waals surface area (Å²) in [5, 5.41) is 15.2. The maximum Gasteiger partial charge on any atom is 0.295 e. The van der Waals surface area contributed by atoms with Crippen molar-refractivity contribution in [2.24, 2.45) is 0 Å². The van der Waals surface area contributed by atoms with Crippen LogP contribution in [0.2, 0.25) is 0 Å². The van der Waals surface area contributed by atoms with Gasteiger partial charge in [-0.15, -0.1) is 0 Å². The Kier molecular flexibility index (Phi) is 3.70. The Morgan fingerprint density at radius 3 is 2.95 bits per heavy atom. The van der Waals surface area contributed by atoms with Gasteiger partial charge in [0.1, 0.15) is 5.52 Å². The number of hydrogen-bond acceptors (Lipinski definition) is 5. The van der Waals surface area contributed by atoms with E-state index in [-0.39, 0.29) is 10.6 Å². The second-order valence-electron chi connectivity index (χ2n) is 5.43. The summed E-state index contributed by atoms with van der Waals surface area (Å²) in [7, 11) is 2.13. The first-order valence-electron chi connectivity index (χ1n) is 7.13. The average molecular weight is 286 g/mol. The lowest BCUT2D eigenvalue weighted by atomic mass is 10.1. The van der Waals surface area contributed by atoms with E-state index < -0.39 is 0 Å². The number of likely N-dealkylation sites (N-methyl/N-ethyl adjacent to an activating group) is 1. The van der Waals surface area contributed by atoms with E-state index in [0.717, 1.165) is 30.2 Å². The number of nitro groups is 1. The zero-order valence-corrected chi connectivity index (χ0v) is 12.0. The van der Waals surface area contributed by atoms with Crippen molar-refractivity contribution in [2.45, 2.75) is 18.9 Å². The molecule has 0 atom stereocenters. The van der Waals surface area contributed by atoms with Gasteiger partial charge >= 0.3 is 0 Å². The van der Waals surface area contributed by atoms with Gasteiger partial charge in [0.15, 0.2) is 0 Å². The zero-order chi connectivity index (χ0) is 14.8. The molecule has 0 amide bonds. The fraction of sp³-hybridized carbons (Fsp3) is 0.400. The van der Waals surface area contributed by atoms with E-state index in [9.17, 15) is 10.1 Å². The highest BCUT2D eigenvalue weighted by Crippen LogP contribution is 2.28. The molecule has 0 unspecified atom stereocenters. The molecule has 1 aliphatic rings. The van der Waals surface area contributed by atoms with Crippen LogP contribution in [-0.2, 0) is 0 Å². The number of aromatic nitrogens is 1. The third-order valence-corrected chi connectivity index (χ3v) is 3.90. The van der Waals surface area contributed by atoms with Crippen molar-refractivity contribution >= 4 is 22.3 Å². The molecule has 3 rings (SSSR count). The molecule has 2 aromatic rings. The number of fused-ring (bicyclic) bond motifs is 1. The number of pyridine rings is 1. The molecule has 0 radical (unpaired) electrons. The van der Waals surface area contributed by atoms with Gasteiger partial charge in [0, 0.05) is 42.5 Å². The van der Waals surface area contributed by atoms with E-state index in [1.165, 1.54) is 18.9 Å². The Labute approximate surface area is 122 Å². The number of non-ortho nitro benzene ring substituents is 1. The maximum atomic E-state index is 11.0. The predicted molar refractivity (Wildman–Crippen MR) is 82.5 cm³/mol. The molecular formula is C15H18N4O2. The molecular weight excluding hydrogens is 268 g/mol. The quantitative estimate of drug-likeness (QED) is 0.653. The van der Waals surface area contributed by atoms with Crippen LogP contribution in [0.3, 0.4) is 0 Å². The van der Waals surface area contributed by atoms with Gasteiger partial charge < -0.3 is 10.2 Å². The molecule has 1 saturated carbocycles. The van der Waals surface area contributed by atoms with Crippen molar-refractivity contribution < 1.29 is 4.92 Å². The number of nitrogens with one attached hydrogen (secondary N) is 1. The summed E-state index contributed by atoms with van der Waals surface area (Å²) in [5.41, 5.74) is 1.38. The third-order valence-electron chi connectivity index (χ3n) is 3.90. The van der Waals surface area contributed by atoms with Crippen LogP contribution in [0.5, 0.6) is 0 Å². The van der Waals surface area contributed by atoms with Crippen LogP contribution in [0.15, 0.2) is 30.5 Å². The Morgan fingerprint density at radius 1 is 1.43 bits per heavy atom. The van der Waals surface area contributed by atoms with Gasteiger partial charge in [-0.1, -0.05) is 12.1 Å². The lowest BCUT2D eigenvalue weighted by Crippen LogP contribution is -2.27. The van der Waals surface area contributed by atoms with E-state index in [2.05, 4.69) is 22.2 Å². The van der Waals surface area contributed by atoms with E-state index in [0.29, 0.717) is 5.52 Å². The fourth-order valence-electron chi connectivity index (χ4n) is 2.53. The minimum absolute atomic E-state index is 0.0475. The molecule has 1 aromatic carbocycles. The van der Waals surface area contributed by atoms with Crippen LogP contribution in [-0.4, -0.2) is 41.0 Å². The molecule has 110 valence electrons. The minimum atomic E-state index is -0.389. The van der Waals surface area contributed by atoms with Gasteiger partial charge in [-0.05, 0) is 26.0 Å². The summed E-state index contributed by atoms with van der Waals surface area (Å²) in [6, 6.07) is 7.65. The molecule has 6 nitrogen and oxygen atoms in total. The average Bonchev–Trinajstić information content (AvgIpc) is 3.31. The minimum Gasteiger partial charge on any atom is -0.383 e. The topological polar surface area (TPSA) is 71.3 Å². The van der Waals surface area contributed by atoms with Crippen LogP contribution in [0.4, 0.5) is 11.4 Å². The van der Waals surface area contributed by atoms with Crippen molar-refractivity contribution in [1.29, 1.82) is 0 Å². The Bertz CT molecular complexity index is 670. The van der Waals surface area contributed by atoms with E-state index >= 15 is 0 Å². The summed E-state index contributed by atoms with van der Waals surface area (Å²) >= 11 is 0. The summed E-state index contributed by atoms with van der Waals surface area (Å²) in [6.45, 7) is 1.78. The summed E-state index contributed by atoms with van der Waals surface area (Å²) in [5.74, 6) is 0. The number of anilines is 1. The summed E-state index contributed by atoms with van der Waals surface area (Å²) in [4.78, 5) is 17.2. The van der Waals surface area contributed by atoms with Crippen molar-refractivity contribution in [2.75, 3.05) is 25.5 Å². The van der Waals surface area contributed by atoms with Crippen LogP contribution in [0.1, 0.15) is 12.8 Å². The van der Waals surface area contributed by atoms with Crippen molar-refractivity contribution in [3.05, 3.63) is 40.6 Å². The number of hydrogen-bond donors (Lipinski definition) is 1. The highest BCUT2D eigenvalue weighted by Gasteiger charge is 2.25. The number of rotatable bonds is 6. The van der Waals surface area contributed by atoms with Gasteiger partial charge in [0.2, 0.25) is 0 Å². The van der Waals surface area contributed by atoms with E-state index in [4.69, 9.17) is 0 Å². The largest absolute Gasteiger partial charge is 0.383 e. The van der Waals surface area contributed by atoms with Crippen molar-refractivity contribution in [3.63, 3.8) is 0 Å². The molecule has 1 aliphatic carbocycles. The Hall–Kier alpha value is -2.21. The Balaban J connectivity index is 1.78. The summed E-state index contributed by atoms with van der Waals surface area (Å²) in [6.07, 6.45) is 4.20. The maximum absolute atomic E-state index is 11.0. The normalized spacial score (nSPS) is 14.6. The first kappa shape index (κ1) is 13.8. The van der Waals surface area contributed by atoms with Gasteiger partial charge in [0.25, 0.3) is 5.69 Å². The van der Waals surface area contributed by atoms with Crippen molar-refractivity contribution in [1.82, 2.24) is 9.88 Å². The molecule has 6 heteroatoms. The van der Waals surface area contributed by atoms with Crippen LogP contribution < -0.4 is 5.32 Å². The van der Waals surface area contributed by atoms with Crippen LogP contribution >= 0.6 is 0 Å². The number of benzene rings is 1. The van der Waals surface area contributed by atoms with Gasteiger partial charge in [0.05, 0.1) is 4.92 Å². The molecule has 0 saturated heterocycles. The highest BCUT2D eigenvalue weighted by atomic mass is 16.6. The molecule has 0 bridgehead atoms. The van der Waals surface area contributed by atoms with Gasteiger partial charge in [-0.3, -0.25) is 10.1 Å². The number of para-hydroxylation sites is 1. The lowest BCUT2D eigenvalue weighted by Gasteiger charge is -2.16. The van der Waals surface area contributed by atoms with Gasteiger partial charge in [-0.25, -0.2) is 4.98 Å². The van der Waals surface area contributed by atoms with E-state index in [1.54, 1.807) is 12.3 Å². The van der Waals surface area contributed by atoms with Gasteiger partial charge in [-0.2, -0.15) is 0 Å². The summed E-state index contributed by atoms with van der Waals surface area (Å²) < 4.78 is 0. The molecule has 1 heterocycles. The van der Waals surface area contributed by atoms with E-state index in [1.807, 2.05) is 12.1 Å². The second-order valence-corrected chi connectivity index (χ2v) is 5.43. The number of nitro benzene ring substituents is 1. The predicted octanol–water partition coefficient (Wildman–Crippen LogP) is 2.65. The molecule has 1 fully saturated rings. The SMILES string of the molecule is CN(CCNc1ccnc2c([N+](=O)[O-])cccc12)C1CC1. The smallest absolute Gasteiger partial charge is 0.295 e. The first-order valence-corrected chi connectivity index (χ1v) is 7.13. The fourth-order valence-corrected chi connectivity index (χ4v) is 2.53.